The number of hydrogen-bond acceptors (Lipinski definition) is 2. The van der Waals surface area contributed by atoms with Gasteiger partial charge in [0.05, 0.1) is 7.11 Å². The molecule has 0 aliphatic rings. The average Bonchev–Trinajstić information content (AvgIpc) is 2.49. The summed E-state index contributed by atoms with van der Waals surface area (Å²) in [7, 11) is 1.59. The van der Waals surface area contributed by atoms with Crippen LogP contribution in [0.2, 0.25) is 0 Å². The summed E-state index contributed by atoms with van der Waals surface area (Å²) in [4.78, 5) is 10.2. The fourth-order valence-corrected chi connectivity index (χ4v) is 2.51. The van der Waals surface area contributed by atoms with Gasteiger partial charge in [0, 0.05) is 12.8 Å². The summed E-state index contributed by atoms with van der Waals surface area (Å²) in [6, 6.07) is 16.7. The molecule has 0 saturated heterocycles. The molecule has 0 heterocycles. The Kier molecular flexibility index (Phi) is 4.86. The third kappa shape index (κ3) is 3.99. The Bertz CT molecular complexity index is 595. The van der Waals surface area contributed by atoms with Crippen molar-refractivity contribution in [1.82, 2.24) is 0 Å². The fourth-order valence-electron chi connectivity index (χ4n) is 2.20. The molecule has 3 nitrogen and oxygen atoms in total. The Labute approximate surface area is 129 Å². The standard InChI is InChI=1S/C17H17ClO3/c1-21-15-9-7-14(8-10-15)12-17(18,16(19)20)11-13-5-3-2-4-6-13/h2-10H,11-12H2,1H3,(H,19,20). The van der Waals surface area contributed by atoms with Gasteiger partial charge in [0.25, 0.3) is 0 Å². The molecule has 2 aromatic carbocycles. The highest BCUT2D eigenvalue weighted by molar-refractivity contribution is 6.34. The largest absolute Gasteiger partial charge is 0.497 e. The second-order valence-electron chi connectivity index (χ2n) is 4.96. The number of ether oxygens (including phenoxy) is 1. The number of halogens is 1. The highest BCUT2D eigenvalue weighted by Crippen LogP contribution is 2.27. The zero-order chi connectivity index (χ0) is 15.3. The second kappa shape index (κ2) is 6.64. The summed E-state index contributed by atoms with van der Waals surface area (Å²) >= 11 is 6.39. The van der Waals surface area contributed by atoms with E-state index in [0.717, 1.165) is 16.9 Å². The summed E-state index contributed by atoms with van der Waals surface area (Å²) in [6.07, 6.45) is 0.527. The van der Waals surface area contributed by atoms with E-state index in [1.54, 1.807) is 19.2 Å². The molecule has 0 aliphatic heterocycles. The Morgan fingerprint density at radius 2 is 1.57 bits per heavy atom. The molecule has 2 rings (SSSR count). The van der Waals surface area contributed by atoms with Gasteiger partial charge in [-0.1, -0.05) is 42.5 Å². The molecular weight excluding hydrogens is 288 g/mol. The van der Waals surface area contributed by atoms with Crippen LogP contribution >= 0.6 is 11.6 Å². The molecule has 21 heavy (non-hydrogen) atoms. The maximum absolute atomic E-state index is 11.6. The van der Waals surface area contributed by atoms with Crippen LogP contribution in [0.3, 0.4) is 0 Å². The number of carbonyl (C=O) groups is 1. The summed E-state index contributed by atoms with van der Waals surface area (Å²) in [6.45, 7) is 0. The van der Waals surface area contributed by atoms with Crippen molar-refractivity contribution in [3.05, 3.63) is 65.7 Å². The molecule has 1 unspecified atom stereocenters. The fraction of sp³-hybridized carbons (Fsp3) is 0.235. The molecule has 0 saturated carbocycles. The number of rotatable bonds is 6. The van der Waals surface area contributed by atoms with Crippen molar-refractivity contribution < 1.29 is 14.6 Å². The van der Waals surface area contributed by atoms with Gasteiger partial charge < -0.3 is 9.84 Å². The number of hydrogen-bond donors (Lipinski definition) is 1. The molecule has 0 aromatic heterocycles. The molecule has 0 aliphatic carbocycles. The van der Waals surface area contributed by atoms with E-state index in [-0.39, 0.29) is 12.8 Å². The summed E-state index contributed by atoms with van der Waals surface area (Å²) < 4.78 is 5.09. The van der Waals surface area contributed by atoms with E-state index in [0.29, 0.717) is 0 Å². The third-order valence-electron chi connectivity index (χ3n) is 3.35. The Hall–Kier alpha value is -2.00. The van der Waals surface area contributed by atoms with E-state index in [2.05, 4.69) is 0 Å². The van der Waals surface area contributed by atoms with E-state index in [1.165, 1.54) is 0 Å². The smallest absolute Gasteiger partial charge is 0.325 e. The Morgan fingerprint density at radius 3 is 2.05 bits per heavy atom. The number of methoxy groups -OCH3 is 1. The predicted molar refractivity (Wildman–Crippen MR) is 83.1 cm³/mol. The second-order valence-corrected chi connectivity index (χ2v) is 5.68. The van der Waals surface area contributed by atoms with Crippen LogP contribution in [0.1, 0.15) is 11.1 Å². The van der Waals surface area contributed by atoms with Crippen LogP contribution in [0, 0.1) is 0 Å². The minimum absolute atomic E-state index is 0.253. The highest BCUT2D eigenvalue weighted by atomic mass is 35.5. The van der Waals surface area contributed by atoms with Crippen LogP contribution in [-0.2, 0) is 17.6 Å². The van der Waals surface area contributed by atoms with Crippen molar-refractivity contribution in [2.24, 2.45) is 0 Å². The number of benzene rings is 2. The Balaban J connectivity index is 2.19. The molecule has 110 valence electrons. The normalized spacial score (nSPS) is 13.4. The van der Waals surface area contributed by atoms with E-state index in [9.17, 15) is 9.90 Å². The molecule has 0 fully saturated rings. The number of carboxylic acid groups (broad SMARTS) is 1. The number of alkyl halides is 1. The molecule has 0 radical (unpaired) electrons. The third-order valence-corrected chi connectivity index (χ3v) is 3.78. The first-order valence-electron chi connectivity index (χ1n) is 6.63. The van der Waals surface area contributed by atoms with Crippen LogP contribution in [-0.4, -0.2) is 23.1 Å². The van der Waals surface area contributed by atoms with Crippen molar-refractivity contribution in [1.29, 1.82) is 0 Å². The van der Waals surface area contributed by atoms with Crippen LogP contribution in [0.4, 0.5) is 0 Å². The quantitative estimate of drug-likeness (QED) is 0.830. The maximum atomic E-state index is 11.6. The zero-order valence-electron chi connectivity index (χ0n) is 11.8. The van der Waals surface area contributed by atoms with Crippen molar-refractivity contribution in [3.8, 4) is 5.75 Å². The van der Waals surface area contributed by atoms with Crippen molar-refractivity contribution in [2.75, 3.05) is 7.11 Å². The molecule has 2 aromatic rings. The van der Waals surface area contributed by atoms with Gasteiger partial charge in [-0.25, -0.2) is 0 Å². The summed E-state index contributed by atoms with van der Waals surface area (Å²) in [5, 5.41) is 9.50. The topological polar surface area (TPSA) is 46.5 Å². The lowest BCUT2D eigenvalue weighted by Crippen LogP contribution is -2.37. The van der Waals surface area contributed by atoms with Gasteiger partial charge in [0.1, 0.15) is 10.6 Å². The molecule has 0 amide bonds. The van der Waals surface area contributed by atoms with Crippen molar-refractivity contribution in [2.45, 2.75) is 17.7 Å². The molecule has 0 bridgehead atoms. The van der Waals surface area contributed by atoms with Crippen molar-refractivity contribution in [3.63, 3.8) is 0 Å². The lowest BCUT2D eigenvalue weighted by Gasteiger charge is -2.22. The minimum Gasteiger partial charge on any atom is -0.497 e. The summed E-state index contributed by atoms with van der Waals surface area (Å²) in [5.41, 5.74) is 1.77. The molecule has 1 atom stereocenters. The van der Waals surface area contributed by atoms with E-state index >= 15 is 0 Å². The number of carboxylic acids is 1. The lowest BCUT2D eigenvalue weighted by molar-refractivity contribution is -0.140. The molecular formula is C17H17ClO3. The van der Waals surface area contributed by atoms with Gasteiger partial charge in [0.2, 0.25) is 0 Å². The molecule has 4 heteroatoms. The highest BCUT2D eigenvalue weighted by Gasteiger charge is 2.36. The van der Waals surface area contributed by atoms with Gasteiger partial charge >= 0.3 is 5.97 Å². The lowest BCUT2D eigenvalue weighted by atomic mass is 9.91. The van der Waals surface area contributed by atoms with Gasteiger partial charge in [-0.3, -0.25) is 4.79 Å². The molecule has 0 spiro atoms. The van der Waals surface area contributed by atoms with Crippen LogP contribution in [0.15, 0.2) is 54.6 Å². The molecule has 1 N–H and O–H groups in total. The van der Waals surface area contributed by atoms with Gasteiger partial charge in [-0.15, -0.1) is 11.6 Å². The first kappa shape index (κ1) is 15.4. The van der Waals surface area contributed by atoms with Crippen molar-refractivity contribution >= 4 is 17.6 Å². The summed E-state index contributed by atoms with van der Waals surface area (Å²) in [5.74, 6) is -0.277. The monoisotopic (exact) mass is 304 g/mol. The van der Waals surface area contributed by atoms with Gasteiger partial charge in [-0.2, -0.15) is 0 Å². The van der Waals surface area contributed by atoms with Crippen LogP contribution in [0.5, 0.6) is 5.75 Å². The maximum Gasteiger partial charge on any atom is 0.325 e. The number of aliphatic carboxylic acids is 1. The van der Waals surface area contributed by atoms with E-state index in [4.69, 9.17) is 16.3 Å². The van der Waals surface area contributed by atoms with Gasteiger partial charge in [-0.05, 0) is 23.3 Å². The minimum atomic E-state index is -1.35. The predicted octanol–water partition coefficient (Wildman–Crippen LogP) is 3.54. The van der Waals surface area contributed by atoms with E-state index in [1.807, 2.05) is 42.5 Å². The Morgan fingerprint density at radius 1 is 1.05 bits per heavy atom. The SMILES string of the molecule is COc1ccc(CC(Cl)(Cc2ccccc2)C(=O)O)cc1. The average molecular weight is 305 g/mol. The first-order valence-corrected chi connectivity index (χ1v) is 7.00. The first-order chi connectivity index (χ1) is 10.0. The zero-order valence-corrected chi connectivity index (χ0v) is 12.5. The van der Waals surface area contributed by atoms with Crippen LogP contribution in [0.25, 0.3) is 0 Å². The van der Waals surface area contributed by atoms with Crippen LogP contribution < -0.4 is 4.74 Å². The van der Waals surface area contributed by atoms with E-state index < -0.39 is 10.8 Å². The van der Waals surface area contributed by atoms with Gasteiger partial charge in [0.15, 0.2) is 0 Å².